The maximum absolute atomic E-state index is 14.1. The number of ketones is 4. The number of Topliss-reactive ketones (excluding diaryl/α,β-unsaturated/α-hetero) is 4. The molecule has 1 aromatic rings. The average Bonchev–Trinajstić information content (AvgIpc) is 2.72. The highest BCUT2D eigenvalue weighted by molar-refractivity contribution is 6.33. The topological polar surface area (TPSA) is 175 Å². The van der Waals surface area contributed by atoms with Crippen LogP contribution in [-0.4, -0.2) is 74.5 Å². The van der Waals surface area contributed by atoms with Crippen molar-refractivity contribution in [1.82, 2.24) is 4.90 Å². The number of hydrogen-bond donors (Lipinski definition) is 4. The molecule has 1 amide bonds. The molecule has 0 bridgehead atoms. The Morgan fingerprint density at radius 2 is 1.54 bits per heavy atom. The smallest absolute Gasteiger partial charge is 0.235 e. The van der Waals surface area contributed by atoms with Crippen LogP contribution in [0.1, 0.15) is 43.6 Å². The molecule has 0 heterocycles. The summed E-state index contributed by atoms with van der Waals surface area (Å²) in [4.78, 5) is 68.5. The minimum atomic E-state index is -2.93. The maximum Gasteiger partial charge on any atom is 0.235 e. The van der Waals surface area contributed by atoms with Gasteiger partial charge in [0.05, 0.1) is 22.6 Å². The normalized spacial score (nSPS) is 40.3. The molecular formula is C25H30N2O8. The summed E-state index contributed by atoms with van der Waals surface area (Å²) in [7, 11) is 3.02. The van der Waals surface area contributed by atoms with E-state index >= 15 is 0 Å². The van der Waals surface area contributed by atoms with Crippen molar-refractivity contribution >= 4 is 29.0 Å². The first-order valence-corrected chi connectivity index (χ1v) is 11.3. The van der Waals surface area contributed by atoms with Gasteiger partial charge in [0.25, 0.3) is 0 Å². The molecule has 0 aromatic heterocycles. The highest BCUT2D eigenvalue weighted by Crippen LogP contribution is 2.64. The lowest BCUT2D eigenvalue weighted by molar-refractivity contribution is -0.225. The molecule has 10 heteroatoms. The molecule has 0 spiro atoms. The Morgan fingerprint density at radius 3 is 2.06 bits per heavy atom. The number of benzene rings is 1. The second-order valence-corrected chi connectivity index (χ2v) is 11.2. The standard InChI is InChI=1S/C25H30N2O8/c1-22(2)16-13(15(29)12-10(24(16,4)34)8-7-9-11(12)28)18(31)25(35)19(32)14(20(26)33)17(30)23(3,21(22)25)27(5)6/h7-9,13-14,16,21,28,34-35H,1-6H3,(H2,26,33). The first-order valence-electron chi connectivity index (χ1n) is 11.3. The van der Waals surface area contributed by atoms with Crippen molar-refractivity contribution in [2.75, 3.05) is 14.1 Å². The van der Waals surface area contributed by atoms with Crippen LogP contribution in [0, 0.1) is 29.1 Å². The zero-order valence-electron chi connectivity index (χ0n) is 20.4. The van der Waals surface area contributed by atoms with Crippen LogP contribution < -0.4 is 5.73 Å². The fourth-order valence-corrected chi connectivity index (χ4v) is 7.45. The number of rotatable bonds is 2. The third-order valence-corrected chi connectivity index (χ3v) is 8.85. The molecule has 35 heavy (non-hydrogen) atoms. The molecule has 5 N–H and O–H groups in total. The van der Waals surface area contributed by atoms with Gasteiger partial charge in [-0.2, -0.15) is 0 Å². The van der Waals surface area contributed by atoms with Crippen LogP contribution in [0.15, 0.2) is 18.2 Å². The number of hydrogen-bond acceptors (Lipinski definition) is 9. The van der Waals surface area contributed by atoms with Gasteiger partial charge in [-0.1, -0.05) is 26.0 Å². The predicted octanol–water partition coefficient (Wildman–Crippen LogP) is -0.442. The van der Waals surface area contributed by atoms with E-state index in [2.05, 4.69) is 0 Å². The molecule has 188 valence electrons. The minimum Gasteiger partial charge on any atom is -0.507 e. The van der Waals surface area contributed by atoms with E-state index in [-0.39, 0.29) is 11.1 Å². The lowest BCUT2D eigenvalue weighted by atomic mass is 9.39. The number of amides is 1. The van der Waals surface area contributed by atoms with Crippen molar-refractivity contribution < 1.29 is 39.3 Å². The third kappa shape index (κ3) is 2.67. The number of likely N-dealkylation sites (N-methyl/N-ethyl adjacent to an activating group) is 1. The summed E-state index contributed by atoms with van der Waals surface area (Å²) in [6.45, 7) is 5.98. The van der Waals surface area contributed by atoms with Crippen molar-refractivity contribution in [3.05, 3.63) is 29.3 Å². The van der Waals surface area contributed by atoms with Crippen molar-refractivity contribution in [1.29, 1.82) is 0 Å². The zero-order chi connectivity index (χ0) is 26.6. The Labute approximate surface area is 202 Å². The molecule has 0 saturated heterocycles. The lowest BCUT2D eigenvalue weighted by Gasteiger charge is -2.65. The van der Waals surface area contributed by atoms with E-state index in [0.29, 0.717) is 0 Å². The van der Waals surface area contributed by atoms with Gasteiger partial charge in [-0.3, -0.25) is 28.9 Å². The van der Waals surface area contributed by atoms with Crippen molar-refractivity contribution in [2.45, 2.75) is 44.4 Å². The number of carbonyl (C=O) groups is 5. The second-order valence-electron chi connectivity index (χ2n) is 11.2. The van der Waals surface area contributed by atoms with Gasteiger partial charge in [-0.05, 0) is 45.0 Å². The van der Waals surface area contributed by atoms with Gasteiger partial charge in [0.1, 0.15) is 5.75 Å². The van der Waals surface area contributed by atoms with Crippen molar-refractivity contribution in [3.63, 3.8) is 0 Å². The Balaban J connectivity index is 2.11. The summed E-state index contributed by atoms with van der Waals surface area (Å²) in [5.41, 5.74) is -2.72. The number of fused-ring (bicyclic) bond motifs is 3. The zero-order valence-corrected chi connectivity index (χ0v) is 20.4. The molecule has 10 nitrogen and oxygen atoms in total. The molecule has 7 atom stereocenters. The Kier molecular flexibility index (Phi) is 5.07. The molecular weight excluding hydrogens is 456 g/mol. The summed E-state index contributed by atoms with van der Waals surface area (Å²) >= 11 is 0. The highest BCUT2D eigenvalue weighted by atomic mass is 16.3. The lowest BCUT2D eigenvalue weighted by Crippen LogP contribution is -2.82. The minimum absolute atomic E-state index is 0.102. The van der Waals surface area contributed by atoms with Crippen molar-refractivity contribution in [2.24, 2.45) is 34.8 Å². The van der Waals surface area contributed by atoms with E-state index in [1.807, 2.05) is 0 Å². The van der Waals surface area contributed by atoms with E-state index < -0.39 is 80.6 Å². The Bertz CT molecular complexity index is 1220. The van der Waals surface area contributed by atoms with Gasteiger partial charge >= 0.3 is 0 Å². The van der Waals surface area contributed by atoms with Crippen LogP contribution >= 0.6 is 0 Å². The van der Waals surface area contributed by atoms with Crippen LogP contribution in [0.4, 0.5) is 0 Å². The number of phenolic OH excluding ortho intramolecular Hbond substituents is 1. The summed E-state index contributed by atoms with van der Waals surface area (Å²) in [5, 5.41) is 34.2. The van der Waals surface area contributed by atoms with Gasteiger partial charge in [0.2, 0.25) is 5.91 Å². The molecule has 7 unspecified atom stereocenters. The van der Waals surface area contributed by atoms with Crippen LogP contribution in [0.3, 0.4) is 0 Å². The monoisotopic (exact) mass is 486 g/mol. The molecule has 3 aliphatic rings. The van der Waals surface area contributed by atoms with Gasteiger partial charge in [-0.25, -0.2) is 0 Å². The number of carbonyl (C=O) groups excluding carboxylic acids is 5. The molecule has 3 aliphatic carbocycles. The fraction of sp³-hybridized carbons (Fsp3) is 0.560. The van der Waals surface area contributed by atoms with Crippen LogP contribution in [0.5, 0.6) is 5.75 Å². The first kappa shape index (κ1) is 25.2. The van der Waals surface area contributed by atoms with E-state index in [9.17, 15) is 39.3 Å². The van der Waals surface area contributed by atoms with Gasteiger partial charge in [-0.15, -0.1) is 0 Å². The number of aromatic hydroxyl groups is 1. The third-order valence-electron chi connectivity index (χ3n) is 8.85. The maximum atomic E-state index is 14.1. The van der Waals surface area contributed by atoms with E-state index in [1.54, 1.807) is 13.8 Å². The van der Waals surface area contributed by atoms with E-state index in [4.69, 9.17) is 5.73 Å². The van der Waals surface area contributed by atoms with Gasteiger partial charge in [0.15, 0.2) is 34.7 Å². The van der Waals surface area contributed by atoms with Crippen LogP contribution in [0.2, 0.25) is 0 Å². The number of nitrogens with two attached hydrogens (primary N) is 1. The van der Waals surface area contributed by atoms with E-state index in [1.165, 1.54) is 51.0 Å². The SMILES string of the molecule is CN(C)C1(C)C(=O)C(C(N)=O)C(=O)C2(O)C(=O)C3C(=O)c4c(O)cccc4C(C)(O)C3C(C)(C)C21. The predicted molar refractivity (Wildman–Crippen MR) is 121 cm³/mol. The molecule has 1 aromatic carbocycles. The summed E-state index contributed by atoms with van der Waals surface area (Å²) in [6, 6.07) is 4.16. The number of nitrogens with zero attached hydrogens (tertiary/aromatic N) is 1. The summed E-state index contributed by atoms with van der Waals surface area (Å²) < 4.78 is 0. The molecule has 4 rings (SSSR count). The Morgan fingerprint density at radius 1 is 0.971 bits per heavy atom. The summed E-state index contributed by atoms with van der Waals surface area (Å²) in [5.74, 6) is -12.5. The van der Waals surface area contributed by atoms with Crippen molar-refractivity contribution in [3.8, 4) is 5.75 Å². The number of phenols is 1. The molecule has 2 fully saturated rings. The Hall–Kier alpha value is -2.95. The van der Waals surface area contributed by atoms with Gasteiger partial charge in [0, 0.05) is 11.8 Å². The molecule has 2 saturated carbocycles. The van der Waals surface area contributed by atoms with Crippen LogP contribution in [-0.2, 0) is 24.8 Å². The van der Waals surface area contributed by atoms with Gasteiger partial charge < -0.3 is 21.1 Å². The largest absolute Gasteiger partial charge is 0.507 e. The number of aliphatic hydroxyl groups is 2. The number of primary amides is 1. The average molecular weight is 487 g/mol. The highest BCUT2D eigenvalue weighted by Gasteiger charge is 2.79. The second kappa shape index (κ2) is 7.05. The summed E-state index contributed by atoms with van der Waals surface area (Å²) in [6.07, 6.45) is 0. The quantitative estimate of drug-likeness (QED) is 0.404. The molecule has 0 aliphatic heterocycles. The van der Waals surface area contributed by atoms with Crippen LogP contribution in [0.25, 0.3) is 0 Å². The first-order chi connectivity index (χ1) is 15.9. The molecule has 0 radical (unpaired) electrons. The fourth-order valence-electron chi connectivity index (χ4n) is 7.45. The van der Waals surface area contributed by atoms with E-state index in [0.717, 1.165) is 0 Å².